The molecule has 1 fully saturated rings. The van der Waals surface area contributed by atoms with E-state index in [0.717, 1.165) is 12.8 Å². The summed E-state index contributed by atoms with van der Waals surface area (Å²) in [5.74, 6) is -0.358. The number of aromatic nitrogens is 3. The predicted molar refractivity (Wildman–Crippen MR) is 108 cm³/mol. The normalized spacial score (nSPS) is 13.0. The molecule has 0 bridgehead atoms. The van der Waals surface area contributed by atoms with Crippen LogP contribution in [0.1, 0.15) is 23.2 Å². The molecule has 1 saturated carbocycles. The summed E-state index contributed by atoms with van der Waals surface area (Å²) < 4.78 is 20.1. The van der Waals surface area contributed by atoms with Gasteiger partial charge in [0.05, 0.1) is 24.6 Å². The molecule has 10 heteroatoms. The first kappa shape index (κ1) is 19.8. The van der Waals surface area contributed by atoms with Gasteiger partial charge in [0.2, 0.25) is 0 Å². The zero-order valence-corrected chi connectivity index (χ0v) is 16.6. The number of hydrogen-bond acceptors (Lipinski definition) is 6. The lowest BCUT2D eigenvalue weighted by Gasteiger charge is -2.14. The number of amides is 1. The number of ether oxygens (including phenoxy) is 1. The number of nitrogens with one attached hydrogen (secondary N) is 2. The summed E-state index contributed by atoms with van der Waals surface area (Å²) in [6.07, 6.45) is 5.62. The highest BCUT2D eigenvalue weighted by Gasteiger charge is 2.26. The molecule has 154 valence electrons. The molecule has 0 aliphatic heterocycles. The molecule has 4 rings (SSSR count). The van der Waals surface area contributed by atoms with Crippen molar-refractivity contribution in [3.8, 4) is 17.1 Å². The lowest BCUT2D eigenvalue weighted by Crippen LogP contribution is -2.32. The second-order valence-electron chi connectivity index (χ2n) is 6.74. The van der Waals surface area contributed by atoms with E-state index >= 15 is 0 Å². The highest BCUT2D eigenvalue weighted by atomic mass is 35.5. The van der Waals surface area contributed by atoms with Gasteiger partial charge in [-0.3, -0.25) is 4.79 Å². The zero-order chi connectivity index (χ0) is 21.3. The number of methoxy groups -OCH3 is 1. The van der Waals surface area contributed by atoms with Gasteiger partial charge in [0, 0.05) is 17.1 Å². The van der Waals surface area contributed by atoms with Crippen LogP contribution < -0.4 is 20.1 Å². The fraction of sp³-hybridized carbons (Fsp3) is 0.200. The van der Waals surface area contributed by atoms with E-state index in [1.54, 1.807) is 0 Å². The van der Waals surface area contributed by atoms with Crippen LogP contribution in [0.2, 0.25) is 5.02 Å². The Balaban J connectivity index is 1.72. The minimum atomic E-state index is -0.535. The number of carbonyl (C=O) groups is 1. The number of carbonyl (C=O) groups excluding carboxylic acids is 1. The third-order valence-electron chi connectivity index (χ3n) is 4.49. The van der Waals surface area contributed by atoms with Crippen LogP contribution in [-0.4, -0.2) is 29.0 Å². The minimum Gasteiger partial charge on any atom is -0.619 e. The number of anilines is 2. The van der Waals surface area contributed by atoms with Crippen molar-refractivity contribution in [1.29, 1.82) is 0 Å². The molecule has 2 heterocycles. The molecule has 2 N–H and O–H groups in total. The van der Waals surface area contributed by atoms with Crippen molar-refractivity contribution < 1.29 is 18.7 Å². The van der Waals surface area contributed by atoms with E-state index in [-0.39, 0.29) is 40.5 Å². The first-order valence-electron chi connectivity index (χ1n) is 9.12. The molecule has 1 amide bonds. The molecule has 0 radical (unpaired) electrons. The number of hydrogen-bond donors (Lipinski definition) is 2. The van der Waals surface area contributed by atoms with Crippen molar-refractivity contribution >= 4 is 29.0 Å². The average molecular weight is 430 g/mol. The summed E-state index contributed by atoms with van der Waals surface area (Å²) in [6, 6.07) is 5.64. The number of benzene rings is 1. The molecule has 1 aliphatic rings. The van der Waals surface area contributed by atoms with Gasteiger partial charge in [-0.05, 0) is 31.0 Å². The van der Waals surface area contributed by atoms with Crippen molar-refractivity contribution in [3.05, 3.63) is 64.5 Å². The molecule has 1 aliphatic carbocycles. The lowest BCUT2D eigenvalue weighted by molar-refractivity contribution is -0.605. The van der Waals surface area contributed by atoms with E-state index < -0.39 is 5.82 Å². The SMILES string of the molecule is COc1cnc(-c2cc(Cl)ccc2F)nc1Nc1cc[n+]([O-])cc1C(=O)NC1CC1. The van der Waals surface area contributed by atoms with Crippen LogP contribution in [-0.2, 0) is 0 Å². The second kappa shape index (κ2) is 8.11. The predicted octanol–water partition coefficient (Wildman–Crippen LogP) is 3.21. The fourth-order valence-electron chi connectivity index (χ4n) is 2.79. The van der Waals surface area contributed by atoms with Crippen LogP contribution in [0.15, 0.2) is 42.9 Å². The topological polar surface area (TPSA) is 103 Å². The zero-order valence-electron chi connectivity index (χ0n) is 15.9. The number of halogens is 2. The molecule has 0 saturated heterocycles. The maximum atomic E-state index is 14.3. The molecular formula is C20H17ClFN5O3. The van der Waals surface area contributed by atoms with Crippen LogP contribution in [0.4, 0.5) is 15.9 Å². The standard InChI is InChI=1S/C20H17ClFN5O3/c1-30-17-9-23-18(13-8-11(21)2-5-15(13)22)26-19(17)25-16-6-7-27(29)10-14(16)20(28)24-12-3-4-12/h2,5-10,12H,3-4H2,1H3,(H,24,28)(H,23,25,26). The van der Waals surface area contributed by atoms with Crippen LogP contribution in [0.25, 0.3) is 11.4 Å². The summed E-state index contributed by atoms with van der Waals surface area (Å²) in [4.78, 5) is 21.0. The van der Waals surface area contributed by atoms with Crippen LogP contribution in [0.5, 0.6) is 5.75 Å². The highest BCUT2D eigenvalue weighted by Crippen LogP contribution is 2.31. The van der Waals surface area contributed by atoms with Crippen molar-refractivity contribution in [2.45, 2.75) is 18.9 Å². The number of rotatable bonds is 6. The summed E-state index contributed by atoms with van der Waals surface area (Å²) in [6.45, 7) is 0. The molecule has 2 aromatic heterocycles. The average Bonchev–Trinajstić information content (AvgIpc) is 3.55. The Morgan fingerprint density at radius 1 is 1.37 bits per heavy atom. The fourth-order valence-corrected chi connectivity index (χ4v) is 2.97. The third-order valence-corrected chi connectivity index (χ3v) is 4.72. The highest BCUT2D eigenvalue weighted by molar-refractivity contribution is 6.30. The van der Waals surface area contributed by atoms with E-state index in [0.29, 0.717) is 15.4 Å². The molecule has 8 nitrogen and oxygen atoms in total. The molecule has 0 unspecified atom stereocenters. The van der Waals surface area contributed by atoms with Crippen LogP contribution in [0, 0.1) is 11.0 Å². The number of pyridine rings is 1. The third kappa shape index (κ3) is 4.25. The van der Waals surface area contributed by atoms with Crippen molar-refractivity contribution in [2.75, 3.05) is 12.4 Å². The van der Waals surface area contributed by atoms with Gasteiger partial charge in [0.25, 0.3) is 5.91 Å². The molecule has 3 aromatic rings. The molecule has 0 atom stereocenters. The summed E-state index contributed by atoms with van der Waals surface area (Å²) in [7, 11) is 1.43. The lowest BCUT2D eigenvalue weighted by atomic mass is 10.2. The van der Waals surface area contributed by atoms with Crippen LogP contribution >= 0.6 is 11.6 Å². The Hall–Kier alpha value is -3.46. The van der Waals surface area contributed by atoms with Crippen molar-refractivity contribution in [2.24, 2.45) is 0 Å². The minimum absolute atomic E-state index is 0.0806. The Morgan fingerprint density at radius 3 is 2.90 bits per heavy atom. The van der Waals surface area contributed by atoms with Gasteiger partial charge in [-0.2, -0.15) is 4.73 Å². The van der Waals surface area contributed by atoms with Gasteiger partial charge in [-0.25, -0.2) is 14.4 Å². The maximum Gasteiger partial charge on any atom is 0.259 e. The summed E-state index contributed by atoms with van der Waals surface area (Å²) >= 11 is 5.97. The smallest absolute Gasteiger partial charge is 0.259 e. The first-order valence-corrected chi connectivity index (χ1v) is 9.49. The molecule has 0 spiro atoms. The molecule has 30 heavy (non-hydrogen) atoms. The van der Waals surface area contributed by atoms with Gasteiger partial charge < -0.3 is 20.6 Å². The van der Waals surface area contributed by atoms with Gasteiger partial charge in [0.15, 0.2) is 29.8 Å². The summed E-state index contributed by atoms with van der Waals surface area (Å²) in [5, 5.41) is 17.9. The summed E-state index contributed by atoms with van der Waals surface area (Å²) in [5.41, 5.74) is 0.607. The van der Waals surface area contributed by atoms with E-state index in [2.05, 4.69) is 20.6 Å². The van der Waals surface area contributed by atoms with Crippen LogP contribution in [0.3, 0.4) is 0 Å². The van der Waals surface area contributed by atoms with E-state index in [4.69, 9.17) is 16.3 Å². The molecule has 1 aromatic carbocycles. The maximum absolute atomic E-state index is 14.3. The first-order chi connectivity index (χ1) is 14.4. The monoisotopic (exact) mass is 429 g/mol. The second-order valence-corrected chi connectivity index (χ2v) is 7.18. The molecular weight excluding hydrogens is 413 g/mol. The Kier molecular flexibility index (Phi) is 5.37. The van der Waals surface area contributed by atoms with Gasteiger partial charge in [-0.15, -0.1) is 0 Å². The Morgan fingerprint density at radius 2 is 2.17 bits per heavy atom. The van der Waals surface area contributed by atoms with E-state index in [9.17, 15) is 14.4 Å². The van der Waals surface area contributed by atoms with Gasteiger partial charge in [0.1, 0.15) is 11.4 Å². The van der Waals surface area contributed by atoms with E-state index in [1.807, 2.05) is 0 Å². The number of nitrogens with zero attached hydrogens (tertiary/aromatic N) is 3. The van der Waals surface area contributed by atoms with Crippen molar-refractivity contribution in [1.82, 2.24) is 15.3 Å². The van der Waals surface area contributed by atoms with Gasteiger partial charge in [-0.1, -0.05) is 11.6 Å². The van der Waals surface area contributed by atoms with E-state index in [1.165, 1.54) is 50.0 Å². The quantitative estimate of drug-likeness (QED) is 0.460. The van der Waals surface area contributed by atoms with Gasteiger partial charge >= 0.3 is 0 Å². The Labute approximate surface area is 176 Å². The Bertz CT molecular complexity index is 1120. The largest absolute Gasteiger partial charge is 0.619 e. The van der Waals surface area contributed by atoms with Crippen molar-refractivity contribution in [3.63, 3.8) is 0 Å².